The van der Waals surface area contributed by atoms with Gasteiger partial charge in [-0.05, 0) is 13.0 Å². The van der Waals surface area contributed by atoms with Crippen molar-refractivity contribution in [3.8, 4) is 6.07 Å². The normalized spacial score (nSPS) is 12.5. The lowest BCUT2D eigenvalue weighted by molar-refractivity contribution is 0.648. The number of rotatable bonds is 4. The Hall–Kier alpha value is -1.34. The Morgan fingerprint density at radius 3 is 2.88 bits per heavy atom. The van der Waals surface area contributed by atoms with Crippen molar-refractivity contribution in [2.75, 3.05) is 5.33 Å². The van der Waals surface area contributed by atoms with Gasteiger partial charge in [0.15, 0.2) is 0 Å². The van der Waals surface area contributed by atoms with Crippen LogP contribution < -0.4 is 0 Å². The average molecular weight is 292 g/mol. The molecule has 0 radical (unpaired) electrons. The number of benzene rings is 1. The highest BCUT2D eigenvalue weighted by Crippen LogP contribution is 2.21. The number of aromatic nitrogens is 2. The Bertz CT molecular complexity index is 553. The molecule has 0 saturated carbocycles. The summed E-state index contributed by atoms with van der Waals surface area (Å²) in [6.07, 6.45) is 0.704. The van der Waals surface area contributed by atoms with Gasteiger partial charge >= 0.3 is 0 Å². The SMILES string of the molecule is CCn1nc(CC(C#N)CBr)c2ccccc21. The van der Waals surface area contributed by atoms with Gasteiger partial charge in [0.2, 0.25) is 0 Å². The molecule has 0 aliphatic heterocycles. The minimum absolute atomic E-state index is 0.0152. The molecule has 1 atom stereocenters. The zero-order valence-electron chi connectivity index (χ0n) is 9.73. The van der Waals surface area contributed by atoms with E-state index < -0.39 is 0 Å². The van der Waals surface area contributed by atoms with Crippen LogP contribution in [0, 0.1) is 17.2 Å². The van der Waals surface area contributed by atoms with E-state index in [0.717, 1.165) is 23.1 Å². The van der Waals surface area contributed by atoms with Crippen LogP contribution in [-0.4, -0.2) is 15.1 Å². The average Bonchev–Trinajstić information content (AvgIpc) is 2.74. The highest BCUT2D eigenvalue weighted by atomic mass is 79.9. The Labute approximate surface area is 109 Å². The molecule has 2 aromatic rings. The molecule has 0 aliphatic carbocycles. The summed E-state index contributed by atoms with van der Waals surface area (Å²) >= 11 is 3.36. The molecule has 1 aromatic heterocycles. The van der Waals surface area contributed by atoms with Gasteiger partial charge in [0.1, 0.15) is 0 Å². The van der Waals surface area contributed by atoms with Crippen molar-refractivity contribution in [2.45, 2.75) is 19.9 Å². The van der Waals surface area contributed by atoms with Crippen LogP contribution in [0.5, 0.6) is 0 Å². The third-order valence-electron chi connectivity index (χ3n) is 2.84. The molecular formula is C13H14BrN3. The number of halogens is 1. The smallest absolute Gasteiger partial charge is 0.0716 e. The van der Waals surface area contributed by atoms with Crippen molar-refractivity contribution in [1.29, 1.82) is 5.26 Å². The number of fused-ring (bicyclic) bond motifs is 1. The number of para-hydroxylation sites is 1. The Morgan fingerprint density at radius 1 is 1.47 bits per heavy atom. The second kappa shape index (κ2) is 5.33. The van der Waals surface area contributed by atoms with Gasteiger partial charge in [-0.15, -0.1) is 0 Å². The van der Waals surface area contributed by atoms with E-state index in [2.05, 4.69) is 46.2 Å². The summed E-state index contributed by atoms with van der Waals surface area (Å²) in [6, 6.07) is 10.5. The minimum atomic E-state index is -0.0152. The molecule has 1 heterocycles. The van der Waals surface area contributed by atoms with Crippen LogP contribution in [0.2, 0.25) is 0 Å². The molecule has 0 N–H and O–H groups in total. The fourth-order valence-corrected chi connectivity index (χ4v) is 2.33. The van der Waals surface area contributed by atoms with Crippen molar-refractivity contribution in [3.63, 3.8) is 0 Å². The van der Waals surface area contributed by atoms with Gasteiger partial charge < -0.3 is 0 Å². The zero-order chi connectivity index (χ0) is 12.3. The summed E-state index contributed by atoms with van der Waals surface area (Å²) in [5.74, 6) is -0.0152. The fourth-order valence-electron chi connectivity index (χ4n) is 1.96. The maximum absolute atomic E-state index is 9.01. The van der Waals surface area contributed by atoms with Crippen molar-refractivity contribution in [3.05, 3.63) is 30.0 Å². The molecule has 4 heteroatoms. The molecule has 0 saturated heterocycles. The van der Waals surface area contributed by atoms with Crippen molar-refractivity contribution in [1.82, 2.24) is 9.78 Å². The lowest BCUT2D eigenvalue weighted by Crippen LogP contribution is -2.05. The van der Waals surface area contributed by atoms with E-state index >= 15 is 0 Å². The molecule has 0 amide bonds. The lowest BCUT2D eigenvalue weighted by atomic mass is 10.0. The first kappa shape index (κ1) is 12.1. The van der Waals surface area contributed by atoms with Crippen LogP contribution in [0.25, 0.3) is 10.9 Å². The maximum atomic E-state index is 9.01. The molecule has 0 spiro atoms. The third-order valence-corrected chi connectivity index (χ3v) is 3.62. The molecule has 88 valence electrons. The number of hydrogen-bond donors (Lipinski definition) is 0. The Balaban J connectivity index is 2.44. The fraction of sp³-hybridized carbons (Fsp3) is 0.385. The molecule has 1 unspecified atom stereocenters. The van der Waals surface area contributed by atoms with Gasteiger partial charge in [0.25, 0.3) is 0 Å². The van der Waals surface area contributed by atoms with E-state index in [1.54, 1.807) is 0 Å². The Kier molecular flexibility index (Phi) is 3.80. The van der Waals surface area contributed by atoms with E-state index in [1.807, 2.05) is 16.8 Å². The molecule has 0 bridgehead atoms. The van der Waals surface area contributed by atoms with E-state index in [1.165, 1.54) is 0 Å². The number of alkyl halides is 1. The number of aryl methyl sites for hydroxylation is 1. The van der Waals surface area contributed by atoms with Gasteiger partial charge in [-0.3, -0.25) is 4.68 Å². The number of nitriles is 1. The predicted octanol–water partition coefficient (Wildman–Crippen LogP) is 3.13. The molecule has 0 aliphatic rings. The summed E-state index contributed by atoms with van der Waals surface area (Å²) < 4.78 is 1.99. The van der Waals surface area contributed by atoms with Crippen LogP contribution in [-0.2, 0) is 13.0 Å². The summed E-state index contributed by atoms with van der Waals surface area (Å²) in [4.78, 5) is 0. The van der Waals surface area contributed by atoms with Gasteiger partial charge in [0, 0.05) is 23.7 Å². The van der Waals surface area contributed by atoms with Crippen LogP contribution in [0.3, 0.4) is 0 Å². The van der Waals surface area contributed by atoms with Gasteiger partial charge in [0.05, 0.1) is 23.2 Å². The van der Waals surface area contributed by atoms with Crippen LogP contribution in [0.4, 0.5) is 0 Å². The first-order valence-corrected chi connectivity index (χ1v) is 6.82. The van der Waals surface area contributed by atoms with E-state index in [-0.39, 0.29) is 5.92 Å². The summed E-state index contributed by atoms with van der Waals surface area (Å²) in [6.45, 7) is 2.93. The zero-order valence-corrected chi connectivity index (χ0v) is 11.3. The summed E-state index contributed by atoms with van der Waals surface area (Å²) in [7, 11) is 0. The van der Waals surface area contributed by atoms with Crippen molar-refractivity contribution >= 4 is 26.8 Å². The molecule has 17 heavy (non-hydrogen) atoms. The maximum Gasteiger partial charge on any atom is 0.0716 e. The van der Waals surface area contributed by atoms with Gasteiger partial charge in [-0.1, -0.05) is 34.1 Å². The molecular weight excluding hydrogens is 278 g/mol. The highest BCUT2D eigenvalue weighted by molar-refractivity contribution is 9.09. The second-order valence-electron chi connectivity index (χ2n) is 3.96. The van der Waals surface area contributed by atoms with E-state index in [9.17, 15) is 0 Å². The second-order valence-corrected chi connectivity index (χ2v) is 4.61. The Morgan fingerprint density at radius 2 is 2.24 bits per heavy atom. The number of hydrogen-bond acceptors (Lipinski definition) is 2. The molecule has 0 fully saturated rings. The number of nitrogens with zero attached hydrogens (tertiary/aromatic N) is 3. The molecule has 1 aromatic carbocycles. The summed E-state index contributed by atoms with van der Waals surface area (Å²) in [5, 5.41) is 15.5. The minimum Gasteiger partial charge on any atom is -0.265 e. The van der Waals surface area contributed by atoms with Gasteiger partial charge in [-0.2, -0.15) is 10.4 Å². The quantitative estimate of drug-likeness (QED) is 0.812. The van der Waals surface area contributed by atoms with E-state index in [4.69, 9.17) is 5.26 Å². The lowest BCUT2D eigenvalue weighted by Gasteiger charge is -2.01. The van der Waals surface area contributed by atoms with Crippen molar-refractivity contribution in [2.24, 2.45) is 5.92 Å². The first-order chi connectivity index (χ1) is 8.30. The van der Waals surface area contributed by atoms with E-state index in [0.29, 0.717) is 11.8 Å². The molecule has 3 nitrogen and oxygen atoms in total. The third kappa shape index (κ3) is 2.34. The standard InChI is InChI=1S/C13H14BrN3/c1-2-17-13-6-4-3-5-11(13)12(16-17)7-10(8-14)9-15/h3-6,10H,2,7-8H2,1H3. The van der Waals surface area contributed by atoms with Crippen LogP contribution >= 0.6 is 15.9 Å². The largest absolute Gasteiger partial charge is 0.265 e. The topological polar surface area (TPSA) is 41.6 Å². The van der Waals surface area contributed by atoms with Crippen molar-refractivity contribution < 1.29 is 0 Å². The highest BCUT2D eigenvalue weighted by Gasteiger charge is 2.14. The first-order valence-electron chi connectivity index (χ1n) is 5.70. The van der Waals surface area contributed by atoms with Crippen LogP contribution in [0.1, 0.15) is 12.6 Å². The van der Waals surface area contributed by atoms with Crippen LogP contribution in [0.15, 0.2) is 24.3 Å². The molecule has 2 rings (SSSR count). The van der Waals surface area contributed by atoms with Gasteiger partial charge in [-0.25, -0.2) is 0 Å². The summed E-state index contributed by atoms with van der Waals surface area (Å²) in [5.41, 5.74) is 2.17. The predicted molar refractivity (Wildman–Crippen MR) is 72.0 cm³/mol. The monoisotopic (exact) mass is 291 g/mol.